The van der Waals surface area contributed by atoms with Gasteiger partial charge < -0.3 is 5.32 Å². The van der Waals surface area contributed by atoms with E-state index in [4.69, 9.17) is 4.98 Å². The molecular weight excluding hydrogens is 336 g/mol. The lowest BCUT2D eigenvalue weighted by atomic mass is 10.1. The van der Waals surface area contributed by atoms with Crippen LogP contribution >= 0.6 is 0 Å². The van der Waals surface area contributed by atoms with Crippen LogP contribution in [0, 0.1) is 13.8 Å². The molecule has 4 heterocycles. The maximum absolute atomic E-state index is 4.89. The molecule has 3 aromatic rings. The molecule has 0 aliphatic carbocycles. The summed E-state index contributed by atoms with van der Waals surface area (Å²) in [5.41, 5.74) is 4.51. The van der Waals surface area contributed by atoms with Crippen molar-refractivity contribution in [1.29, 1.82) is 0 Å². The number of anilines is 2. The first-order valence-corrected chi connectivity index (χ1v) is 9.49. The summed E-state index contributed by atoms with van der Waals surface area (Å²) >= 11 is 0. The number of hydrogen-bond donors (Lipinski definition) is 1. The van der Waals surface area contributed by atoms with Crippen molar-refractivity contribution in [1.82, 2.24) is 24.6 Å². The molecule has 0 spiro atoms. The number of aryl methyl sites for hydroxylation is 3. The summed E-state index contributed by atoms with van der Waals surface area (Å²) in [4.78, 5) is 11.9. The summed E-state index contributed by atoms with van der Waals surface area (Å²) in [5, 5.41) is 7.81. The minimum absolute atomic E-state index is 0.344. The maximum atomic E-state index is 4.89. The predicted octanol–water partition coefficient (Wildman–Crippen LogP) is 3.91. The van der Waals surface area contributed by atoms with Crippen molar-refractivity contribution in [3.05, 3.63) is 65.2 Å². The average Bonchev–Trinajstić information content (AvgIpc) is 3.22. The molecule has 0 saturated carbocycles. The normalized spacial score (nSPS) is 17.4. The van der Waals surface area contributed by atoms with Crippen molar-refractivity contribution in [2.45, 2.75) is 39.3 Å². The smallest absolute Gasteiger partial charge is 0.131 e. The fourth-order valence-electron chi connectivity index (χ4n) is 3.82. The van der Waals surface area contributed by atoms with Gasteiger partial charge in [0.15, 0.2) is 0 Å². The van der Waals surface area contributed by atoms with E-state index in [0.29, 0.717) is 6.04 Å². The van der Waals surface area contributed by atoms with Gasteiger partial charge in [-0.05, 0) is 57.5 Å². The third-order valence-electron chi connectivity index (χ3n) is 5.11. The van der Waals surface area contributed by atoms with Gasteiger partial charge in [-0.15, -0.1) is 0 Å². The Morgan fingerprint density at radius 3 is 2.59 bits per heavy atom. The van der Waals surface area contributed by atoms with Crippen LogP contribution in [0.4, 0.5) is 11.6 Å². The molecular formula is C21H26N6. The van der Waals surface area contributed by atoms with Crippen LogP contribution in [0.5, 0.6) is 0 Å². The molecule has 1 atom stereocenters. The second kappa shape index (κ2) is 7.48. The first-order valence-electron chi connectivity index (χ1n) is 9.49. The van der Waals surface area contributed by atoms with Crippen molar-refractivity contribution in [2.75, 3.05) is 11.9 Å². The Bertz CT molecular complexity index is 932. The molecule has 3 aromatic heterocycles. The van der Waals surface area contributed by atoms with Gasteiger partial charge in [-0.3, -0.25) is 9.58 Å². The predicted molar refractivity (Wildman–Crippen MR) is 107 cm³/mol. The number of nitrogens with one attached hydrogen (secondary N) is 1. The highest BCUT2D eigenvalue weighted by molar-refractivity contribution is 5.51. The van der Waals surface area contributed by atoms with Crippen LogP contribution in [0.3, 0.4) is 0 Å². The quantitative estimate of drug-likeness (QED) is 0.746. The highest BCUT2D eigenvalue weighted by Crippen LogP contribution is 2.33. The van der Waals surface area contributed by atoms with E-state index in [-0.39, 0.29) is 0 Å². The van der Waals surface area contributed by atoms with Gasteiger partial charge in [0, 0.05) is 31.0 Å². The number of aromatic nitrogens is 4. The zero-order valence-electron chi connectivity index (χ0n) is 16.2. The van der Waals surface area contributed by atoms with Crippen LogP contribution in [0.1, 0.15) is 41.5 Å². The maximum Gasteiger partial charge on any atom is 0.131 e. The zero-order valence-corrected chi connectivity index (χ0v) is 16.2. The molecule has 1 N–H and O–H groups in total. The molecule has 6 nitrogen and oxygen atoms in total. The topological polar surface area (TPSA) is 58.9 Å². The lowest BCUT2D eigenvalue weighted by Crippen LogP contribution is -2.23. The van der Waals surface area contributed by atoms with Crippen molar-refractivity contribution < 1.29 is 0 Å². The van der Waals surface area contributed by atoms with Crippen LogP contribution in [0.15, 0.2) is 42.6 Å². The second-order valence-electron chi connectivity index (χ2n) is 7.28. The lowest BCUT2D eigenvalue weighted by molar-refractivity contribution is 0.244. The van der Waals surface area contributed by atoms with E-state index in [9.17, 15) is 0 Å². The Labute approximate surface area is 160 Å². The standard InChI is InChI=1S/C21H26N6/c1-15-7-4-10-20(22-15)24-21-11-5-8-18(23-21)19-9-6-12-27(19)14-17-13-26(3)25-16(17)2/h4-5,7-8,10-11,13,19H,6,9,12,14H2,1-3H3,(H,22,23,24)/t19-/m0/s1. The van der Waals surface area contributed by atoms with E-state index < -0.39 is 0 Å². The highest BCUT2D eigenvalue weighted by Gasteiger charge is 2.28. The van der Waals surface area contributed by atoms with Gasteiger partial charge in [-0.2, -0.15) is 5.10 Å². The molecule has 0 bridgehead atoms. The van der Waals surface area contributed by atoms with Gasteiger partial charge in [0.2, 0.25) is 0 Å². The van der Waals surface area contributed by atoms with Crippen LogP contribution in [0.25, 0.3) is 0 Å². The Hall–Kier alpha value is -2.73. The van der Waals surface area contributed by atoms with E-state index in [1.165, 1.54) is 12.0 Å². The molecule has 0 unspecified atom stereocenters. The number of nitrogens with zero attached hydrogens (tertiary/aromatic N) is 5. The van der Waals surface area contributed by atoms with Gasteiger partial charge >= 0.3 is 0 Å². The summed E-state index contributed by atoms with van der Waals surface area (Å²) in [5.74, 6) is 1.67. The van der Waals surface area contributed by atoms with Crippen LogP contribution < -0.4 is 5.32 Å². The molecule has 0 aromatic carbocycles. The van der Waals surface area contributed by atoms with E-state index >= 15 is 0 Å². The Morgan fingerprint density at radius 1 is 1.07 bits per heavy atom. The number of rotatable bonds is 5. The number of likely N-dealkylation sites (tertiary alicyclic amines) is 1. The van der Waals surface area contributed by atoms with Gasteiger partial charge in [0.25, 0.3) is 0 Å². The van der Waals surface area contributed by atoms with E-state index in [0.717, 1.165) is 48.2 Å². The molecule has 1 aliphatic heterocycles. The largest absolute Gasteiger partial charge is 0.325 e. The highest BCUT2D eigenvalue weighted by atomic mass is 15.3. The molecule has 1 aliphatic rings. The molecule has 6 heteroatoms. The Kier molecular flexibility index (Phi) is 4.90. The van der Waals surface area contributed by atoms with E-state index in [1.54, 1.807) is 0 Å². The minimum atomic E-state index is 0.344. The summed E-state index contributed by atoms with van der Waals surface area (Å²) < 4.78 is 1.90. The lowest BCUT2D eigenvalue weighted by Gasteiger charge is -2.24. The van der Waals surface area contributed by atoms with Gasteiger partial charge in [-0.25, -0.2) is 9.97 Å². The molecule has 4 rings (SSSR count). The molecule has 1 saturated heterocycles. The van der Waals surface area contributed by atoms with Crippen LogP contribution in [-0.2, 0) is 13.6 Å². The summed E-state index contributed by atoms with van der Waals surface area (Å²) in [6, 6.07) is 12.5. The summed E-state index contributed by atoms with van der Waals surface area (Å²) in [6.07, 6.45) is 4.46. The zero-order chi connectivity index (χ0) is 18.8. The van der Waals surface area contributed by atoms with Crippen molar-refractivity contribution in [2.24, 2.45) is 7.05 Å². The Balaban J connectivity index is 1.52. The van der Waals surface area contributed by atoms with Crippen molar-refractivity contribution in [3.63, 3.8) is 0 Å². The van der Waals surface area contributed by atoms with Crippen molar-refractivity contribution >= 4 is 11.6 Å². The molecule has 140 valence electrons. The molecule has 0 amide bonds. The average molecular weight is 362 g/mol. The fraction of sp³-hybridized carbons (Fsp3) is 0.381. The minimum Gasteiger partial charge on any atom is -0.325 e. The Morgan fingerprint density at radius 2 is 1.85 bits per heavy atom. The summed E-state index contributed by atoms with van der Waals surface area (Å²) in [7, 11) is 1.98. The van der Waals surface area contributed by atoms with Crippen LogP contribution in [0.2, 0.25) is 0 Å². The number of pyridine rings is 2. The van der Waals surface area contributed by atoms with Crippen LogP contribution in [-0.4, -0.2) is 31.2 Å². The fourth-order valence-corrected chi connectivity index (χ4v) is 3.82. The summed E-state index contributed by atoms with van der Waals surface area (Å²) in [6.45, 7) is 6.09. The van der Waals surface area contributed by atoms with Crippen molar-refractivity contribution in [3.8, 4) is 0 Å². The molecule has 1 fully saturated rings. The first kappa shape index (κ1) is 17.7. The van der Waals surface area contributed by atoms with Gasteiger partial charge in [0.1, 0.15) is 11.6 Å². The molecule has 0 radical (unpaired) electrons. The second-order valence-corrected chi connectivity index (χ2v) is 7.28. The third kappa shape index (κ3) is 4.01. The van der Waals surface area contributed by atoms with Gasteiger partial charge in [-0.1, -0.05) is 12.1 Å². The molecule has 27 heavy (non-hydrogen) atoms. The number of hydrogen-bond acceptors (Lipinski definition) is 5. The third-order valence-corrected chi connectivity index (χ3v) is 5.11. The monoisotopic (exact) mass is 362 g/mol. The van der Waals surface area contributed by atoms with E-state index in [1.807, 2.05) is 42.9 Å². The van der Waals surface area contributed by atoms with Gasteiger partial charge in [0.05, 0.1) is 17.4 Å². The first-order chi connectivity index (χ1) is 13.1. The van der Waals surface area contributed by atoms with E-state index in [2.05, 4.69) is 45.6 Å². The SMILES string of the molecule is Cc1cccc(Nc2cccc([C@@H]3CCCN3Cc3cn(C)nc3C)n2)n1.